The van der Waals surface area contributed by atoms with Crippen LogP contribution in [0.25, 0.3) is 0 Å². The number of ether oxygens (including phenoxy) is 1. The standard InChI is InChI=1S/C15H23N3O2S/c19-15(16-13-2-6-20-7-3-13)17-14-1-5-18(10-14)9-12-4-8-21-11-12/h4,8,11,13-14H,1-3,5-7,9-10H2,(H2,16,17,19). The molecule has 2 fully saturated rings. The molecule has 2 aliphatic rings. The lowest BCUT2D eigenvalue weighted by atomic mass is 10.1. The van der Waals surface area contributed by atoms with Gasteiger partial charge < -0.3 is 15.4 Å². The molecule has 2 aliphatic heterocycles. The molecule has 2 amide bonds. The first-order chi connectivity index (χ1) is 10.3. The number of likely N-dealkylation sites (tertiary alicyclic amines) is 1. The molecule has 0 bridgehead atoms. The Morgan fingerprint density at radius 2 is 2.10 bits per heavy atom. The molecule has 2 N–H and O–H groups in total. The molecule has 0 radical (unpaired) electrons. The van der Waals surface area contributed by atoms with Crippen molar-refractivity contribution in [1.29, 1.82) is 0 Å². The summed E-state index contributed by atoms with van der Waals surface area (Å²) in [5, 5.41) is 10.5. The molecule has 3 heterocycles. The molecule has 1 aromatic heterocycles. The predicted octanol–water partition coefficient (Wildman–Crippen LogP) is 1.80. The molecule has 1 unspecified atom stereocenters. The summed E-state index contributed by atoms with van der Waals surface area (Å²) >= 11 is 1.74. The van der Waals surface area contributed by atoms with Crippen molar-refractivity contribution in [3.8, 4) is 0 Å². The Morgan fingerprint density at radius 3 is 2.86 bits per heavy atom. The van der Waals surface area contributed by atoms with Crippen molar-refractivity contribution in [1.82, 2.24) is 15.5 Å². The highest BCUT2D eigenvalue weighted by atomic mass is 32.1. The normalized spacial score (nSPS) is 24.1. The van der Waals surface area contributed by atoms with Gasteiger partial charge in [0, 0.05) is 44.9 Å². The Bertz CT molecular complexity index is 446. The van der Waals surface area contributed by atoms with Crippen LogP contribution in [-0.4, -0.2) is 49.3 Å². The van der Waals surface area contributed by atoms with Gasteiger partial charge in [-0.25, -0.2) is 4.79 Å². The fraction of sp³-hybridized carbons (Fsp3) is 0.667. The zero-order valence-electron chi connectivity index (χ0n) is 12.2. The second-order valence-electron chi connectivity index (χ2n) is 5.86. The quantitative estimate of drug-likeness (QED) is 0.892. The minimum Gasteiger partial charge on any atom is -0.381 e. The Kier molecular flexibility index (Phi) is 5.11. The third-order valence-corrected chi connectivity index (χ3v) is 4.88. The van der Waals surface area contributed by atoms with Gasteiger partial charge in [-0.15, -0.1) is 0 Å². The minimum absolute atomic E-state index is 0.0238. The molecule has 0 aromatic carbocycles. The zero-order chi connectivity index (χ0) is 14.5. The number of nitrogens with one attached hydrogen (secondary N) is 2. The monoisotopic (exact) mass is 309 g/mol. The second kappa shape index (κ2) is 7.24. The molecule has 0 aliphatic carbocycles. The van der Waals surface area contributed by atoms with Crippen LogP contribution in [0.5, 0.6) is 0 Å². The SMILES string of the molecule is O=C(NC1CCOCC1)NC1CCN(Cc2ccsc2)C1. The highest BCUT2D eigenvalue weighted by molar-refractivity contribution is 7.07. The third kappa shape index (κ3) is 4.43. The number of amides is 2. The van der Waals surface area contributed by atoms with Crippen LogP contribution in [0.4, 0.5) is 4.79 Å². The summed E-state index contributed by atoms with van der Waals surface area (Å²) in [6, 6.07) is 2.68. The van der Waals surface area contributed by atoms with Crippen molar-refractivity contribution in [3.05, 3.63) is 22.4 Å². The van der Waals surface area contributed by atoms with Crippen molar-refractivity contribution in [2.45, 2.75) is 37.9 Å². The van der Waals surface area contributed by atoms with E-state index in [-0.39, 0.29) is 18.1 Å². The molecule has 5 nitrogen and oxygen atoms in total. The average Bonchev–Trinajstić information content (AvgIpc) is 3.13. The third-order valence-electron chi connectivity index (χ3n) is 4.15. The predicted molar refractivity (Wildman–Crippen MR) is 83.5 cm³/mol. The fourth-order valence-electron chi connectivity index (χ4n) is 2.99. The number of thiophene rings is 1. The average molecular weight is 309 g/mol. The number of nitrogens with zero attached hydrogens (tertiary/aromatic N) is 1. The first-order valence-corrected chi connectivity index (χ1v) is 8.62. The van der Waals surface area contributed by atoms with E-state index in [0.717, 1.165) is 52.1 Å². The smallest absolute Gasteiger partial charge is 0.315 e. The minimum atomic E-state index is -0.0238. The van der Waals surface area contributed by atoms with Crippen LogP contribution in [0.3, 0.4) is 0 Å². The largest absolute Gasteiger partial charge is 0.381 e. The van der Waals surface area contributed by atoms with Crippen molar-refractivity contribution in [2.75, 3.05) is 26.3 Å². The lowest BCUT2D eigenvalue weighted by Gasteiger charge is -2.24. The van der Waals surface area contributed by atoms with Crippen LogP contribution >= 0.6 is 11.3 Å². The summed E-state index contributed by atoms with van der Waals surface area (Å²) < 4.78 is 5.30. The van der Waals surface area contributed by atoms with E-state index in [1.165, 1.54) is 5.56 Å². The Morgan fingerprint density at radius 1 is 1.29 bits per heavy atom. The fourth-order valence-corrected chi connectivity index (χ4v) is 3.65. The first kappa shape index (κ1) is 14.8. The summed E-state index contributed by atoms with van der Waals surface area (Å²) in [4.78, 5) is 14.4. The van der Waals surface area contributed by atoms with E-state index in [4.69, 9.17) is 4.74 Å². The summed E-state index contributed by atoms with van der Waals surface area (Å²) in [6.45, 7) is 4.49. The molecule has 2 saturated heterocycles. The van der Waals surface area contributed by atoms with E-state index >= 15 is 0 Å². The highest BCUT2D eigenvalue weighted by Gasteiger charge is 2.25. The first-order valence-electron chi connectivity index (χ1n) is 7.68. The van der Waals surface area contributed by atoms with E-state index < -0.39 is 0 Å². The van der Waals surface area contributed by atoms with E-state index in [1.807, 2.05) is 0 Å². The van der Waals surface area contributed by atoms with Gasteiger partial charge in [0.15, 0.2) is 0 Å². The molecule has 1 aromatic rings. The van der Waals surface area contributed by atoms with E-state index in [9.17, 15) is 4.79 Å². The summed E-state index contributed by atoms with van der Waals surface area (Å²) in [5.74, 6) is 0. The summed E-state index contributed by atoms with van der Waals surface area (Å²) in [6.07, 6.45) is 2.87. The maximum absolute atomic E-state index is 12.0. The van der Waals surface area contributed by atoms with Crippen LogP contribution < -0.4 is 10.6 Å². The molecule has 116 valence electrons. The van der Waals surface area contributed by atoms with Crippen molar-refractivity contribution in [2.24, 2.45) is 0 Å². The number of urea groups is 1. The number of hydrogen-bond donors (Lipinski definition) is 2. The Labute approximate surface area is 129 Å². The molecular formula is C15H23N3O2S. The summed E-state index contributed by atoms with van der Waals surface area (Å²) in [7, 11) is 0. The molecule has 21 heavy (non-hydrogen) atoms. The van der Waals surface area contributed by atoms with E-state index in [2.05, 4.69) is 32.4 Å². The highest BCUT2D eigenvalue weighted by Crippen LogP contribution is 2.15. The molecular weight excluding hydrogens is 286 g/mol. The number of hydrogen-bond acceptors (Lipinski definition) is 4. The van der Waals surface area contributed by atoms with Crippen LogP contribution in [0.15, 0.2) is 16.8 Å². The van der Waals surface area contributed by atoms with E-state index in [0.29, 0.717) is 0 Å². The number of carbonyl (C=O) groups is 1. The molecule has 0 saturated carbocycles. The van der Waals surface area contributed by atoms with Gasteiger partial charge in [0.1, 0.15) is 0 Å². The lowest BCUT2D eigenvalue weighted by Crippen LogP contribution is -2.48. The van der Waals surface area contributed by atoms with Gasteiger partial charge in [0.2, 0.25) is 0 Å². The van der Waals surface area contributed by atoms with Crippen LogP contribution in [0.2, 0.25) is 0 Å². The van der Waals surface area contributed by atoms with Gasteiger partial charge in [-0.05, 0) is 41.7 Å². The maximum Gasteiger partial charge on any atom is 0.315 e. The molecule has 1 atom stereocenters. The lowest BCUT2D eigenvalue weighted by molar-refractivity contribution is 0.0799. The Hall–Kier alpha value is -1.11. The molecule has 6 heteroatoms. The van der Waals surface area contributed by atoms with Gasteiger partial charge in [-0.3, -0.25) is 4.90 Å². The second-order valence-corrected chi connectivity index (χ2v) is 6.64. The van der Waals surface area contributed by atoms with Gasteiger partial charge in [0.05, 0.1) is 0 Å². The summed E-state index contributed by atoms with van der Waals surface area (Å²) in [5.41, 5.74) is 1.37. The van der Waals surface area contributed by atoms with Crippen LogP contribution in [0, 0.1) is 0 Å². The molecule has 0 spiro atoms. The van der Waals surface area contributed by atoms with Gasteiger partial charge in [-0.2, -0.15) is 11.3 Å². The van der Waals surface area contributed by atoms with E-state index in [1.54, 1.807) is 11.3 Å². The number of carbonyl (C=O) groups excluding carboxylic acids is 1. The van der Waals surface area contributed by atoms with Crippen LogP contribution in [0.1, 0.15) is 24.8 Å². The number of rotatable bonds is 4. The molecule has 3 rings (SSSR count). The van der Waals surface area contributed by atoms with Gasteiger partial charge in [0.25, 0.3) is 0 Å². The van der Waals surface area contributed by atoms with Gasteiger partial charge >= 0.3 is 6.03 Å². The van der Waals surface area contributed by atoms with Crippen molar-refractivity contribution < 1.29 is 9.53 Å². The van der Waals surface area contributed by atoms with Crippen LogP contribution in [-0.2, 0) is 11.3 Å². The van der Waals surface area contributed by atoms with Crippen molar-refractivity contribution >= 4 is 17.4 Å². The topological polar surface area (TPSA) is 53.6 Å². The Balaban J connectivity index is 1.38. The zero-order valence-corrected chi connectivity index (χ0v) is 13.0. The van der Waals surface area contributed by atoms with Gasteiger partial charge in [-0.1, -0.05) is 0 Å². The van der Waals surface area contributed by atoms with Crippen molar-refractivity contribution in [3.63, 3.8) is 0 Å². The maximum atomic E-state index is 12.0.